The minimum atomic E-state index is -3.39. The van der Waals surface area contributed by atoms with Crippen molar-refractivity contribution in [3.05, 3.63) is 34.5 Å². The highest BCUT2D eigenvalue weighted by Gasteiger charge is 2.34. The monoisotopic (exact) mass is 328 g/mol. The molecule has 0 aromatic carbocycles. The number of thiophene rings is 1. The van der Waals surface area contributed by atoms with Gasteiger partial charge in [0.1, 0.15) is 6.04 Å². The van der Waals surface area contributed by atoms with E-state index in [1.807, 2.05) is 31.4 Å². The number of nitrogens with zero attached hydrogens (tertiary/aromatic N) is 1. The minimum Gasteiger partial charge on any atom is -0.347 e. The fraction of sp³-hybridized carbons (Fsp3) is 0.500. The van der Waals surface area contributed by atoms with E-state index in [2.05, 4.69) is 5.32 Å². The van der Waals surface area contributed by atoms with Gasteiger partial charge in [-0.25, -0.2) is 8.42 Å². The summed E-state index contributed by atoms with van der Waals surface area (Å²) in [6.07, 6.45) is 4.47. The molecule has 1 N–H and O–H groups in total. The zero-order valence-electron chi connectivity index (χ0n) is 12.3. The van der Waals surface area contributed by atoms with Gasteiger partial charge in [0.2, 0.25) is 15.9 Å². The van der Waals surface area contributed by atoms with Crippen LogP contribution in [0.2, 0.25) is 0 Å². The van der Waals surface area contributed by atoms with Gasteiger partial charge in [0.15, 0.2) is 0 Å². The third-order valence-corrected chi connectivity index (χ3v) is 5.61. The van der Waals surface area contributed by atoms with E-state index in [1.54, 1.807) is 23.5 Å². The van der Waals surface area contributed by atoms with Gasteiger partial charge in [-0.15, -0.1) is 11.3 Å². The van der Waals surface area contributed by atoms with Crippen LogP contribution in [0.15, 0.2) is 29.7 Å². The number of nitrogens with one attached hydrogen (secondary N) is 1. The maximum absolute atomic E-state index is 12.4. The zero-order chi connectivity index (χ0) is 15.6. The van der Waals surface area contributed by atoms with Crippen LogP contribution in [0.5, 0.6) is 0 Å². The molecule has 2 atom stereocenters. The number of rotatable bonds is 5. The van der Waals surface area contributed by atoms with Gasteiger partial charge in [0.25, 0.3) is 0 Å². The van der Waals surface area contributed by atoms with Gasteiger partial charge in [-0.3, -0.25) is 4.79 Å². The lowest BCUT2D eigenvalue weighted by Gasteiger charge is -2.26. The molecule has 0 unspecified atom stereocenters. The molecule has 1 amide bonds. The topological polar surface area (TPSA) is 66.5 Å². The van der Waals surface area contributed by atoms with Crippen LogP contribution in [0.25, 0.3) is 0 Å². The molecule has 0 fully saturated rings. The lowest BCUT2D eigenvalue weighted by molar-refractivity contribution is -0.124. The fourth-order valence-corrected chi connectivity index (χ4v) is 4.22. The van der Waals surface area contributed by atoms with E-state index >= 15 is 0 Å². The summed E-state index contributed by atoms with van der Waals surface area (Å²) in [4.78, 5) is 13.5. The van der Waals surface area contributed by atoms with Crippen molar-refractivity contribution < 1.29 is 13.2 Å². The van der Waals surface area contributed by atoms with E-state index in [0.717, 1.165) is 11.1 Å². The Hall–Kier alpha value is -1.18. The lowest BCUT2D eigenvalue weighted by atomic mass is 10.0. The average Bonchev–Trinajstić information content (AvgIpc) is 3.04. The van der Waals surface area contributed by atoms with Gasteiger partial charge in [0, 0.05) is 11.4 Å². The summed E-state index contributed by atoms with van der Waals surface area (Å²) in [5.74, 6) is -0.0501. The Labute approximate surface area is 129 Å². The van der Waals surface area contributed by atoms with Crippen molar-refractivity contribution >= 4 is 27.3 Å². The number of hydrogen-bond donors (Lipinski definition) is 1. The maximum Gasteiger partial charge on any atom is 0.242 e. The Morgan fingerprint density at radius 3 is 2.71 bits per heavy atom. The van der Waals surface area contributed by atoms with Gasteiger partial charge < -0.3 is 5.32 Å². The molecule has 7 heteroatoms. The van der Waals surface area contributed by atoms with Crippen molar-refractivity contribution in [2.24, 2.45) is 5.92 Å². The molecule has 5 nitrogen and oxygen atoms in total. The van der Waals surface area contributed by atoms with Crippen molar-refractivity contribution in [1.82, 2.24) is 9.62 Å². The van der Waals surface area contributed by atoms with Gasteiger partial charge >= 0.3 is 0 Å². The molecular weight excluding hydrogens is 308 g/mol. The molecule has 116 valence electrons. The van der Waals surface area contributed by atoms with Crippen molar-refractivity contribution in [2.45, 2.75) is 25.9 Å². The molecule has 1 aliphatic rings. The quantitative estimate of drug-likeness (QED) is 0.838. The lowest BCUT2D eigenvalue weighted by Crippen LogP contribution is -2.47. The molecular formula is C14H20N2O3S2. The van der Waals surface area contributed by atoms with E-state index in [9.17, 15) is 13.2 Å². The van der Waals surface area contributed by atoms with Gasteiger partial charge in [0.05, 0.1) is 12.3 Å². The van der Waals surface area contributed by atoms with Crippen molar-refractivity contribution in [1.29, 1.82) is 0 Å². The summed E-state index contributed by atoms with van der Waals surface area (Å²) in [5, 5.41) is 4.94. The third-order valence-electron chi connectivity index (χ3n) is 3.42. The average molecular weight is 328 g/mol. The Kier molecular flexibility index (Phi) is 4.85. The van der Waals surface area contributed by atoms with Crippen LogP contribution in [0.4, 0.5) is 0 Å². The minimum absolute atomic E-state index is 0.104. The van der Waals surface area contributed by atoms with Crippen LogP contribution >= 0.6 is 11.3 Å². The number of sulfonamides is 1. The third kappa shape index (κ3) is 3.72. The second-order valence-corrected chi connectivity index (χ2v) is 8.37. The number of carbonyl (C=O) groups excluding carboxylic acids is 1. The molecule has 21 heavy (non-hydrogen) atoms. The van der Waals surface area contributed by atoms with Gasteiger partial charge in [-0.2, -0.15) is 4.31 Å². The summed E-state index contributed by atoms with van der Waals surface area (Å²) >= 11 is 1.59. The Morgan fingerprint density at radius 2 is 2.19 bits per heavy atom. The molecule has 1 aromatic rings. The first-order valence-electron chi connectivity index (χ1n) is 6.78. The van der Waals surface area contributed by atoms with Crippen LogP contribution < -0.4 is 5.32 Å². The fourth-order valence-electron chi connectivity index (χ4n) is 2.34. The number of hydrogen-bond acceptors (Lipinski definition) is 4. The van der Waals surface area contributed by atoms with E-state index < -0.39 is 16.1 Å². The molecule has 0 aliphatic carbocycles. The maximum atomic E-state index is 12.4. The van der Waals surface area contributed by atoms with Crippen LogP contribution in [0.1, 0.15) is 24.8 Å². The molecule has 0 bridgehead atoms. The van der Waals surface area contributed by atoms with E-state index in [0.29, 0.717) is 0 Å². The zero-order valence-corrected chi connectivity index (χ0v) is 13.9. The summed E-state index contributed by atoms with van der Waals surface area (Å²) in [5.41, 5.74) is 0. The Balaban J connectivity index is 2.14. The van der Waals surface area contributed by atoms with Crippen LogP contribution in [-0.2, 0) is 14.8 Å². The molecule has 0 radical (unpaired) electrons. The predicted molar refractivity (Wildman–Crippen MR) is 84.5 cm³/mol. The standard InChI is InChI=1S/C14H20N2O3S2/c1-10(2)13(12-7-5-9-20-12)15-14(17)11-6-4-8-16(11)21(3,18)19/h4-7,9-11,13H,8H2,1-3H3,(H,15,17)/t11-,13-/m0/s1. The SMILES string of the molecule is CC(C)[C@H](NC(=O)[C@@H]1C=CCN1S(C)(=O)=O)c1cccs1. The van der Waals surface area contributed by atoms with Crippen molar-refractivity contribution in [2.75, 3.05) is 12.8 Å². The van der Waals surface area contributed by atoms with Crippen molar-refractivity contribution in [3.8, 4) is 0 Å². The summed E-state index contributed by atoms with van der Waals surface area (Å²) in [7, 11) is -3.39. The summed E-state index contributed by atoms with van der Waals surface area (Å²) in [6.45, 7) is 4.31. The first kappa shape index (κ1) is 16.2. The molecule has 2 rings (SSSR count). The first-order chi connectivity index (χ1) is 9.80. The summed E-state index contributed by atoms with van der Waals surface area (Å²) in [6, 6.07) is 3.07. The normalized spacial score (nSPS) is 20.9. The van der Waals surface area contributed by atoms with Crippen LogP contribution in [-0.4, -0.2) is 37.5 Å². The predicted octanol–water partition coefficient (Wildman–Crippen LogP) is 1.76. The second kappa shape index (κ2) is 6.29. The molecule has 1 aromatic heterocycles. The van der Waals surface area contributed by atoms with E-state index in [-0.39, 0.29) is 24.4 Å². The molecule has 2 heterocycles. The van der Waals surface area contributed by atoms with E-state index in [1.165, 1.54) is 4.31 Å². The Morgan fingerprint density at radius 1 is 1.48 bits per heavy atom. The van der Waals surface area contributed by atoms with Gasteiger partial charge in [-0.05, 0) is 17.4 Å². The largest absolute Gasteiger partial charge is 0.347 e. The van der Waals surface area contributed by atoms with Crippen molar-refractivity contribution in [3.63, 3.8) is 0 Å². The first-order valence-corrected chi connectivity index (χ1v) is 9.50. The highest BCUT2D eigenvalue weighted by molar-refractivity contribution is 7.88. The smallest absolute Gasteiger partial charge is 0.242 e. The second-order valence-electron chi connectivity index (χ2n) is 5.45. The highest BCUT2D eigenvalue weighted by atomic mass is 32.2. The highest BCUT2D eigenvalue weighted by Crippen LogP contribution is 2.26. The van der Waals surface area contributed by atoms with Gasteiger partial charge in [-0.1, -0.05) is 32.1 Å². The number of amides is 1. The van der Waals surface area contributed by atoms with E-state index in [4.69, 9.17) is 0 Å². The van der Waals surface area contributed by atoms with Crippen LogP contribution in [0, 0.1) is 5.92 Å². The molecule has 0 spiro atoms. The number of carbonyl (C=O) groups is 1. The Bertz CT molecular complexity index is 621. The summed E-state index contributed by atoms with van der Waals surface area (Å²) < 4.78 is 24.6. The molecule has 0 saturated carbocycles. The van der Waals surface area contributed by atoms with Crippen LogP contribution in [0.3, 0.4) is 0 Å². The molecule has 1 aliphatic heterocycles. The molecule has 0 saturated heterocycles.